The molecule has 0 aliphatic carbocycles. The van der Waals surface area contributed by atoms with Crippen molar-refractivity contribution in [2.75, 3.05) is 21.2 Å². The van der Waals surface area contributed by atoms with Crippen molar-refractivity contribution in [3.8, 4) is 5.75 Å². The minimum absolute atomic E-state index is 0.0605. The van der Waals surface area contributed by atoms with Crippen LogP contribution in [0.5, 0.6) is 5.75 Å². The first-order valence-electron chi connectivity index (χ1n) is 6.80. The summed E-state index contributed by atoms with van der Waals surface area (Å²) in [4.78, 5) is 15.2. The fraction of sp³-hybridized carbons (Fsp3) is 0.357. The van der Waals surface area contributed by atoms with Gasteiger partial charge in [0.15, 0.2) is 11.3 Å². The summed E-state index contributed by atoms with van der Waals surface area (Å²) in [6, 6.07) is 7.48. The van der Waals surface area contributed by atoms with Gasteiger partial charge in [-0.1, -0.05) is 0 Å². The quantitative estimate of drug-likeness (QED) is 0.662. The average Bonchev–Trinajstić information content (AvgIpc) is 2.96. The number of amides is 2. The number of thiocarbonyl (C=S) groups is 1. The summed E-state index contributed by atoms with van der Waals surface area (Å²) in [6.45, 7) is 0. The van der Waals surface area contributed by atoms with Crippen molar-refractivity contribution in [2.24, 2.45) is 5.10 Å². The molecule has 2 fully saturated rings. The molecule has 0 spiro atoms. The molecule has 0 bridgehead atoms. The van der Waals surface area contributed by atoms with Gasteiger partial charge in [-0.05, 0) is 42.0 Å². The van der Waals surface area contributed by atoms with Gasteiger partial charge < -0.3 is 19.9 Å². The molecule has 1 aromatic carbocycles. The minimum Gasteiger partial charge on any atom is -0.497 e. The number of urea groups is 1. The second kappa shape index (κ2) is 5.45. The van der Waals surface area contributed by atoms with Gasteiger partial charge in [-0.3, -0.25) is 0 Å². The van der Waals surface area contributed by atoms with Gasteiger partial charge in [-0.25, -0.2) is 9.80 Å². The van der Waals surface area contributed by atoms with E-state index < -0.39 is 0 Å². The van der Waals surface area contributed by atoms with Crippen molar-refractivity contribution in [3.05, 3.63) is 29.8 Å². The summed E-state index contributed by atoms with van der Waals surface area (Å²) in [6.07, 6.45) is 1.30. The maximum absolute atomic E-state index is 12.0. The number of nitrogens with one attached hydrogen (secondary N) is 1. The molecule has 0 aromatic heterocycles. The number of ether oxygens (including phenoxy) is 1. The Kier molecular flexibility index (Phi) is 3.61. The molecule has 2 heterocycles. The second-order valence-corrected chi connectivity index (χ2v) is 5.56. The molecule has 1 N–H and O–H groups in total. The van der Waals surface area contributed by atoms with E-state index in [4.69, 9.17) is 17.0 Å². The minimum atomic E-state index is -0.237. The van der Waals surface area contributed by atoms with Crippen molar-refractivity contribution < 1.29 is 9.53 Å². The molecule has 2 atom stereocenters. The van der Waals surface area contributed by atoms with Crippen LogP contribution in [0.3, 0.4) is 0 Å². The van der Waals surface area contributed by atoms with Crippen molar-refractivity contribution in [3.63, 3.8) is 0 Å². The van der Waals surface area contributed by atoms with E-state index in [2.05, 4.69) is 10.4 Å². The van der Waals surface area contributed by atoms with Crippen LogP contribution >= 0.6 is 12.2 Å². The fourth-order valence-corrected chi connectivity index (χ4v) is 2.89. The van der Waals surface area contributed by atoms with Gasteiger partial charge in [0.05, 0.1) is 13.3 Å². The van der Waals surface area contributed by atoms with E-state index in [0.29, 0.717) is 5.11 Å². The Labute approximate surface area is 134 Å². The molecule has 1 aromatic rings. The lowest BCUT2D eigenvalue weighted by atomic mass is 10.2. The summed E-state index contributed by atoms with van der Waals surface area (Å²) >= 11 is 5.31. The van der Waals surface area contributed by atoms with E-state index >= 15 is 0 Å². The maximum Gasteiger partial charge on any atom is 0.323 e. The zero-order chi connectivity index (χ0) is 15.9. The molecule has 2 aliphatic heterocycles. The van der Waals surface area contributed by atoms with Gasteiger partial charge in [-0.2, -0.15) is 5.10 Å². The lowest BCUT2D eigenvalue weighted by Crippen LogP contribution is -2.41. The van der Waals surface area contributed by atoms with Crippen molar-refractivity contribution in [1.29, 1.82) is 0 Å². The Morgan fingerprint density at radius 2 is 1.95 bits per heavy atom. The van der Waals surface area contributed by atoms with Gasteiger partial charge in [0, 0.05) is 14.1 Å². The number of likely N-dealkylation sites (N-methyl/N-ethyl adjacent to an activating group) is 2. The third-order valence-electron chi connectivity index (χ3n) is 3.88. The Hall–Kier alpha value is -2.35. The van der Waals surface area contributed by atoms with Crippen LogP contribution in [-0.2, 0) is 0 Å². The van der Waals surface area contributed by atoms with Crippen molar-refractivity contribution >= 4 is 29.6 Å². The topological polar surface area (TPSA) is 60.4 Å². The van der Waals surface area contributed by atoms with Crippen LogP contribution in [-0.4, -0.2) is 65.7 Å². The first-order valence-corrected chi connectivity index (χ1v) is 7.21. The summed E-state index contributed by atoms with van der Waals surface area (Å²) in [5.41, 5.74) is 0.924. The molecule has 22 heavy (non-hydrogen) atoms. The molecule has 8 heteroatoms. The molecule has 3 rings (SSSR count). The third-order valence-corrected chi connectivity index (χ3v) is 4.18. The second-order valence-electron chi connectivity index (χ2n) is 5.17. The largest absolute Gasteiger partial charge is 0.497 e. The van der Waals surface area contributed by atoms with E-state index in [1.807, 2.05) is 24.3 Å². The van der Waals surface area contributed by atoms with Crippen LogP contribution in [0.4, 0.5) is 4.79 Å². The standard InChI is InChI=1S/C14H17N5O2S/c1-17-11-12(18(2)14(17)20)19(13(22)16-11)15-8-9-4-6-10(21-3)7-5-9/h4-8,11-12H,1-3H3,(H,16,22)/b15-8+. The highest BCUT2D eigenvalue weighted by atomic mass is 32.1. The predicted molar refractivity (Wildman–Crippen MR) is 86.7 cm³/mol. The molecular formula is C14H17N5O2S. The number of methoxy groups -OCH3 is 1. The Bertz CT molecular complexity index is 633. The highest BCUT2D eigenvalue weighted by molar-refractivity contribution is 7.80. The molecule has 2 aliphatic rings. The van der Waals surface area contributed by atoms with Gasteiger partial charge in [0.1, 0.15) is 11.9 Å². The smallest absolute Gasteiger partial charge is 0.323 e. The normalized spacial score (nSPS) is 24.2. The lowest BCUT2D eigenvalue weighted by Gasteiger charge is -2.23. The predicted octanol–water partition coefficient (Wildman–Crippen LogP) is 0.869. The molecule has 0 saturated carbocycles. The number of nitrogens with zero attached hydrogens (tertiary/aromatic N) is 4. The average molecular weight is 319 g/mol. The zero-order valence-corrected chi connectivity index (χ0v) is 13.4. The molecule has 2 saturated heterocycles. The number of fused-ring (bicyclic) bond motifs is 1. The van der Waals surface area contributed by atoms with Crippen molar-refractivity contribution in [1.82, 2.24) is 20.1 Å². The van der Waals surface area contributed by atoms with Gasteiger partial charge >= 0.3 is 6.03 Å². The molecule has 116 valence electrons. The molecule has 0 radical (unpaired) electrons. The number of benzene rings is 1. The van der Waals surface area contributed by atoms with Crippen LogP contribution in [0, 0.1) is 0 Å². The van der Waals surface area contributed by atoms with E-state index in [1.165, 1.54) is 0 Å². The van der Waals surface area contributed by atoms with E-state index in [1.54, 1.807) is 42.2 Å². The van der Waals surface area contributed by atoms with Crippen LogP contribution in [0.2, 0.25) is 0 Å². The number of hydrogen-bond acceptors (Lipinski definition) is 4. The van der Waals surface area contributed by atoms with E-state index in [9.17, 15) is 4.79 Å². The van der Waals surface area contributed by atoms with E-state index in [-0.39, 0.29) is 18.4 Å². The van der Waals surface area contributed by atoms with Crippen molar-refractivity contribution in [2.45, 2.75) is 12.3 Å². The lowest BCUT2D eigenvalue weighted by molar-refractivity contribution is 0.174. The summed E-state index contributed by atoms with van der Waals surface area (Å²) in [7, 11) is 5.12. The summed E-state index contributed by atoms with van der Waals surface area (Å²) < 4.78 is 5.12. The number of hydrogen-bond donors (Lipinski definition) is 1. The molecular weight excluding hydrogens is 302 g/mol. The van der Waals surface area contributed by atoms with Gasteiger partial charge in [0.25, 0.3) is 0 Å². The Morgan fingerprint density at radius 3 is 2.59 bits per heavy atom. The first kappa shape index (κ1) is 14.6. The number of hydrazone groups is 1. The fourth-order valence-electron chi connectivity index (χ4n) is 2.61. The zero-order valence-electron chi connectivity index (χ0n) is 12.6. The van der Waals surface area contributed by atoms with Gasteiger partial charge in [-0.15, -0.1) is 0 Å². The first-order chi connectivity index (χ1) is 10.5. The van der Waals surface area contributed by atoms with Crippen LogP contribution in [0.1, 0.15) is 5.56 Å². The highest BCUT2D eigenvalue weighted by Gasteiger charge is 2.51. The highest BCUT2D eigenvalue weighted by Crippen LogP contribution is 2.26. The number of rotatable bonds is 3. The van der Waals surface area contributed by atoms with Crippen LogP contribution < -0.4 is 10.1 Å². The molecule has 2 unspecified atom stereocenters. The Morgan fingerprint density at radius 1 is 1.27 bits per heavy atom. The summed E-state index contributed by atoms with van der Waals surface area (Å²) in [5.74, 6) is 0.790. The third kappa shape index (κ3) is 2.25. The van der Waals surface area contributed by atoms with Crippen LogP contribution in [0.25, 0.3) is 0 Å². The number of carbonyl (C=O) groups excluding carboxylic acids is 1. The monoisotopic (exact) mass is 319 g/mol. The molecule has 7 nitrogen and oxygen atoms in total. The number of carbonyl (C=O) groups is 1. The Balaban J connectivity index is 1.80. The summed E-state index contributed by atoms with van der Waals surface area (Å²) in [5, 5.41) is 9.72. The SMILES string of the molecule is COc1ccc(/C=N/N2C(=S)NC3C2N(C)C(=O)N3C)cc1. The van der Waals surface area contributed by atoms with Gasteiger partial charge in [0.2, 0.25) is 0 Å². The maximum atomic E-state index is 12.0. The van der Waals surface area contributed by atoms with Crippen LogP contribution in [0.15, 0.2) is 29.4 Å². The molecule has 2 amide bonds. The van der Waals surface area contributed by atoms with E-state index in [0.717, 1.165) is 11.3 Å².